The second-order valence-electron chi connectivity index (χ2n) is 4.15. The molecule has 0 aliphatic rings. The minimum Gasteiger partial charge on any atom is -0.396 e. The van der Waals surface area contributed by atoms with Gasteiger partial charge in [0, 0.05) is 24.6 Å². The SMILES string of the molecule is CCCCC#Cc1cccc(C(N)CCO)c1. The van der Waals surface area contributed by atoms with Crippen LogP contribution in [0.3, 0.4) is 0 Å². The Hall–Kier alpha value is -1.30. The molecule has 0 amide bonds. The van der Waals surface area contributed by atoms with Gasteiger partial charge in [0.2, 0.25) is 0 Å². The molecule has 1 rings (SSSR count). The van der Waals surface area contributed by atoms with Gasteiger partial charge < -0.3 is 10.8 Å². The van der Waals surface area contributed by atoms with Crippen LogP contribution >= 0.6 is 0 Å². The maximum atomic E-state index is 8.86. The van der Waals surface area contributed by atoms with Crippen molar-refractivity contribution in [2.24, 2.45) is 5.73 Å². The molecule has 17 heavy (non-hydrogen) atoms. The average molecular weight is 231 g/mol. The fourth-order valence-corrected chi connectivity index (χ4v) is 1.58. The predicted molar refractivity (Wildman–Crippen MR) is 71.5 cm³/mol. The van der Waals surface area contributed by atoms with Crippen LogP contribution in [0.1, 0.15) is 49.8 Å². The molecular formula is C15H21NO. The third kappa shape index (κ3) is 5.04. The number of aliphatic hydroxyl groups excluding tert-OH is 1. The first-order chi connectivity index (χ1) is 8.27. The van der Waals surface area contributed by atoms with E-state index in [9.17, 15) is 0 Å². The predicted octanol–water partition coefficient (Wildman–Crippen LogP) is 2.61. The van der Waals surface area contributed by atoms with E-state index in [-0.39, 0.29) is 12.6 Å². The van der Waals surface area contributed by atoms with E-state index in [2.05, 4.69) is 18.8 Å². The molecule has 92 valence electrons. The molecule has 1 atom stereocenters. The van der Waals surface area contributed by atoms with Gasteiger partial charge in [-0.1, -0.05) is 37.3 Å². The summed E-state index contributed by atoms with van der Waals surface area (Å²) in [4.78, 5) is 0. The lowest BCUT2D eigenvalue weighted by molar-refractivity contribution is 0.276. The topological polar surface area (TPSA) is 46.2 Å². The first-order valence-electron chi connectivity index (χ1n) is 6.23. The Bertz CT molecular complexity index is 389. The number of benzene rings is 1. The zero-order chi connectivity index (χ0) is 12.5. The van der Waals surface area contributed by atoms with E-state index in [1.54, 1.807) is 0 Å². The summed E-state index contributed by atoms with van der Waals surface area (Å²) in [5.41, 5.74) is 7.99. The number of nitrogens with two attached hydrogens (primary N) is 1. The molecule has 2 nitrogen and oxygen atoms in total. The van der Waals surface area contributed by atoms with Crippen LogP contribution in [0.15, 0.2) is 24.3 Å². The molecule has 0 fully saturated rings. The molecule has 0 heterocycles. The Morgan fingerprint density at radius 1 is 1.41 bits per heavy atom. The molecule has 0 spiro atoms. The van der Waals surface area contributed by atoms with Crippen molar-refractivity contribution in [3.8, 4) is 11.8 Å². The highest BCUT2D eigenvalue weighted by molar-refractivity contribution is 5.38. The van der Waals surface area contributed by atoms with Crippen molar-refractivity contribution in [2.75, 3.05) is 6.61 Å². The Morgan fingerprint density at radius 3 is 2.94 bits per heavy atom. The summed E-state index contributed by atoms with van der Waals surface area (Å²) in [5, 5.41) is 8.86. The highest BCUT2D eigenvalue weighted by atomic mass is 16.3. The van der Waals surface area contributed by atoms with Crippen molar-refractivity contribution in [3.63, 3.8) is 0 Å². The largest absolute Gasteiger partial charge is 0.396 e. The molecule has 0 aliphatic heterocycles. The van der Waals surface area contributed by atoms with Crippen LogP contribution in [-0.2, 0) is 0 Å². The highest BCUT2D eigenvalue weighted by Crippen LogP contribution is 2.14. The average Bonchev–Trinajstić information content (AvgIpc) is 2.35. The van der Waals surface area contributed by atoms with E-state index < -0.39 is 0 Å². The number of unbranched alkanes of at least 4 members (excludes halogenated alkanes) is 2. The first-order valence-corrected chi connectivity index (χ1v) is 6.23. The molecule has 0 aromatic heterocycles. The number of hydrogen-bond acceptors (Lipinski definition) is 2. The zero-order valence-electron chi connectivity index (χ0n) is 10.4. The summed E-state index contributed by atoms with van der Waals surface area (Å²) in [6.07, 6.45) is 3.86. The molecular weight excluding hydrogens is 210 g/mol. The van der Waals surface area contributed by atoms with Crippen LogP contribution in [0.25, 0.3) is 0 Å². The molecule has 0 radical (unpaired) electrons. The molecule has 1 aromatic rings. The van der Waals surface area contributed by atoms with Crippen LogP contribution in [-0.4, -0.2) is 11.7 Å². The lowest BCUT2D eigenvalue weighted by Crippen LogP contribution is -2.11. The molecule has 1 unspecified atom stereocenters. The molecule has 0 bridgehead atoms. The van der Waals surface area contributed by atoms with Gasteiger partial charge in [-0.15, -0.1) is 0 Å². The van der Waals surface area contributed by atoms with Crippen molar-refractivity contribution in [1.29, 1.82) is 0 Å². The van der Waals surface area contributed by atoms with E-state index in [1.807, 2.05) is 24.3 Å². The molecule has 0 saturated heterocycles. The lowest BCUT2D eigenvalue weighted by atomic mass is 10.0. The van der Waals surface area contributed by atoms with Gasteiger partial charge in [-0.05, 0) is 30.5 Å². The summed E-state index contributed by atoms with van der Waals surface area (Å²) in [6, 6.07) is 7.86. The molecule has 3 N–H and O–H groups in total. The standard InChI is InChI=1S/C15H21NO/c1-2-3-4-5-7-13-8-6-9-14(12-13)15(16)10-11-17/h6,8-9,12,15,17H,2-4,10-11,16H2,1H3. The van der Waals surface area contributed by atoms with E-state index in [0.717, 1.165) is 24.0 Å². The summed E-state index contributed by atoms with van der Waals surface area (Å²) in [7, 11) is 0. The summed E-state index contributed by atoms with van der Waals surface area (Å²) >= 11 is 0. The maximum absolute atomic E-state index is 8.86. The Morgan fingerprint density at radius 2 is 2.24 bits per heavy atom. The Kier molecular flexibility index (Phi) is 6.39. The second-order valence-corrected chi connectivity index (χ2v) is 4.15. The zero-order valence-corrected chi connectivity index (χ0v) is 10.4. The van der Waals surface area contributed by atoms with Crippen LogP contribution in [0, 0.1) is 11.8 Å². The van der Waals surface area contributed by atoms with Crippen molar-refractivity contribution in [2.45, 2.75) is 38.6 Å². The first kappa shape index (κ1) is 13.8. The number of aliphatic hydroxyl groups is 1. The van der Waals surface area contributed by atoms with Gasteiger partial charge in [0.05, 0.1) is 0 Å². The summed E-state index contributed by atoms with van der Waals surface area (Å²) in [5.74, 6) is 6.31. The van der Waals surface area contributed by atoms with Crippen molar-refractivity contribution >= 4 is 0 Å². The smallest absolute Gasteiger partial charge is 0.0449 e. The summed E-state index contributed by atoms with van der Waals surface area (Å²) < 4.78 is 0. The number of rotatable bonds is 5. The molecule has 2 heteroatoms. The normalized spacial score (nSPS) is 11.7. The second kappa shape index (κ2) is 7.89. The lowest BCUT2D eigenvalue weighted by Gasteiger charge is -2.10. The summed E-state index contributed by atoms with van der Waals surface area (Å²) in [6.45, 7) is 2.28. The van der Waals surface area contributed by atoms with Crippen LogP contribution in [0.5, 0.6) is 0 Å². The fourth-order valence-electron chi connectivity index (χ4n) is 1.58. The van der Waals surface area contributed by atoms with E-state index in [4.69, 9.17) is 10.8 Å². The van der Waals surface area contributed by atoms with Crippen LogP contribution in [0.4, 0.5) is 0 Å². The van der Waals surface area contributed by atoms with Gasteiger partial charge in [-0.25, -0.2) is 0 Å². The fraction of sp³-hybridized carbons (Fsp3) is 0.467. The van der Waals surface area contributed by atoms with E-state index >= 15 is 0 Å². The van der Waals surface area contributed by atoms with Crippen LogP contribution < -0.4 is 5.73 Å². The third-order valence-electron chi connectivity index (χ3n) is 2.64. The quantitative estimate of drug-likeness (QED) is 0.604. The Balaban J connectivity index is 2.67. The van der Waals surface area contributed by atoms with Gasteiger partial charge in [-0.3, -0.25) is 0 Å². The monoisotopic (exact) mass is 231 g/mol. The molecule has 0 aliphatic carbocycles. The van der Waals surface area contributed by atoms with E-state index in [1.165, 1.54) is 6.42 Å². The molecule has 0 saturated carbocycles. The van der Waals surface area contributed by atoms with Gasteiger partial charge in [-0.2, -0.15) is 0 Å². The van der Waals surface area contributed by atoms with Gasteiger partial charge >= 0.3 is 0 Å². The van der Waals surface area contributed by atoms with Gasteiger partial charge in [0.1, 0.15) is 0 Å². The van der Waals surface area contributed by atoms with Crippen molar-refractivity contribution < 1.29 is 5.11 Å². The third-order valence-corrected chi connectivity index (χ3v) is 2.64. The van der Waals surface area contributed by atoms with Crippen molar-refractivity contribution in [1.82, 2.24) is 0 Å². The van der Waals surface area contributed by atoms with Gasteiger partial charge in [0.25, 0.3) is 0 Å². The van der Waals surface area contributed by atoms with Gasteiger partial charge in [0.15, 0.2) is 0 Å². The maximum Gasteiger partial charge on any atom is 0.0449 e. The molecule has 1 aromatic carbocycles. The minimum atomic E-state index is -0.0996. The Labute approximate surface area is 104 Å². The number of hydrogen-bond donors (Lipinski definition) is 2. The van der Waals surface area contributed by atoms with Crippen molar-refractivity contribution in [3.05, 3.63) is 35.4 Å². The minimum absolute atomic E-state index is 0.0996. The highest BCUT2D eigenvalue weighted by Gasteiger charge is 2.04. The van der Waals surface area contributed by atoms with E-state index in [0.29, 0.717) is 6.42 Å². The van der Waals surface area contributed by atoms with Crippen LogP contribution in [0.2, 0.25) is 0 Å².